The van der Waals surface area contributed by atoms with Crippen LogP contribution in [-0.4, -0.2) is 4.98 Å². The third kappa shape index (κ3) is 1.77. The molecule has 1 aliphatic rings. The van der Waals surface area contributed by atoms with Gasteiger partial charge in [0.2, 0.25) is 0 Å². The van der Waals surface area contributed by atoms with Crippen LogP contribution in [0.1, 0.15) is 37.8 Å². The normalized spacial score (nSPS) is 26.5. The number of aromatic amines is 1. The first-order chi connectivity index (χ1) is 8.27. The van der Waals surface area contributed by atoms with Crippen LogP contribution in [0.4, 0.5) is 0 Å². The van der Waals surface area contributed by atoms with E-state index in [-0.39, 0.29) is 6.04 Å². The highest BCUT2D eigenvalue weighted by atomic mass is 14.7. The second-order valence-corrected chi connectivity index (χ2v) is 5.39. The predicted molar refractivity (Wildman–Crippen MR) is 71.7 cm³/mol. The van der Waals surface area contributed by atoms with Gasteiger partial charge in [-0.1, -0.05) is 38.0 Å². The number of hydrogen-bond donors (Lipinski definition) is 2. The van der Waals surface area contributed by atoms with E-state index in [1.165, 1.54) is 35.7 Å². The Bertz CT molecular complexity index is 514. The van der Waals surface area contributed by atoms with Gasteiger partial charge in [-0.15, -0.1) is 0 Å². The lowest BCUT2D eigenvalue weighted by Gasteiger charge is -2.23. The van der Waals surface area contributed by atoms with Crippen LogP contribution >= 0.6 is 0 Å². The summed E-state index contributed by atoms with van der Waals surface area (Å²) in [5.74, 6) is 1.41. The molecule has 1 aliphatic carbocycles. The Balaban J connectivity index is 1.98. The maximum atomic E-state index is 6.48. The molecule has 0 bridgehead atoms. The first-order valence-electron chi connectivity index (χ1n) is 6.59. The fraction of sp³-hybridized carbons (Fsp3) is 0.467. The molecule has 3 N–H and O–H groups in total. The predicted octanol–water partition coefficient (Wildman–Crippen LogP) is 3.60. The van der Waals surface area contributed by atoms with Crippen molar-refractivity contribution in [3.8, 4) is 0 Å². The monoisotopic (exact) mass is 228 g/mol. The molecule has 2 nitrogen and oxygen atoms in total. The summed E-state index contributed by atoms with van der Waals surface area (Å²) in [4.78, 5) is 3.33. The van der Waals surface area contributed by atoms with Crippen molar-refractivity contribution in [2.75, 3.05) is 0 Å². The molecule has 1 fully saturated rings. The van der Waals surface area contributed by atoms with Crippen LogP contribution < -0.4 is 5.73 Å². The van der Waals surface area contributed by atoms with E-state index in [1.807, 2.05) is 0 Å². The summed E-state index contributed by atoms with van der Waals surface area (Å²) >= 11 is 0. The van der Waals surface area contributed by atoms with Crippen LogP contribution in [-0.2, 0) is 0 Å². The summed E-state index contributed by atoms with van der Waals surface area (Å²) in [6.07, 6.45) is 6.05. The third-order valence-corrected chi connectivity index (χ3v) is 4.37. The van der Waals surface area contributed by atoms with Gasteiger partial charge in [0, 0.05) is 23.1 Å². The van der Waals surface area contributed by atoms with Gasteiger partial charge in [-0.05, 0) is 29.9 Å². The quantitative estimate of drug-likeness (QED) is 0.810. The fourth-order valence-corrected chi connectivity index (χ4v) is 3.31. The molecular weight excluding hydrogens is 208 g/mol. The molecule has 1 saturated carbocycles. The van der Waals surface area contributed by atoms with Crippen LogP contribution in [0.25, 0.3) is 10.9 Å². The second-order valence-electron chi connectivity index (χ2n) is 5.39. The van der Waals surface area contributed by atoms with Crippen LogP contribution in [0.2, 0.25) is 0 Å². The van der Waals surface area contributed by atoms with E-state index in [0.29, 0.717) is 5.92 Å². The molecule has 0 spiro atoms. The Labute approximate surface area is 102 Å². The molecule has 90 valence electrons. The fourth-order valence-electron chi connectivity index (χ4n) is 3.31. The zero-order valence-electron chi connectivity index (χ0n) is 10.3. The maximum absolute atomic E-state index is 6.48. The van der Waals surface area contributed by atoms with Crippen molar-refractivity contribution in [2.45, 2.75) is 32.2 Å². The summed E-state index contributed by atoms with van der Waals surface area (Å²) in [5, 5.41) is 1.29. The Morgan fingerprint density at radius 1 is 1.29 bits per heavy atom. The Kier molecular flexibility index (Phi) is 2.67. The minimum absolute atomic E-state index is 0.184. The largest absolute Gasteiger partial charge is 0.361 e. The van der Waals surface area contributed by atoms with E-state index >= 15 is 0 Å². The number of rotatable bonds is 2. The second kappa shape index (κ2) is 4.19. The van der Waals surface area contributed by atoms with Gasteiger partial charge in [0.25, 0.3) is 0 Å². The molecule has 2 aromatic rings. The summed E-state index contributed by atoms with van der Waals surface area (Å²) in [7, 11) is 0. The first kappa shape index (κ1) is 10.8. The average molecular weight is 228 g/mol. The van der Waals surface area contributed by atoms with E-state index in [4.69, 9.17) is 5.73 Å². The lowest BCUT2D eigenvalue weighted by Crippen LogP contribution is -2.23. The lowest BCUT2D eigenvalue weighted by molar-refractivity contribution is 0.352. The number of benzene rings is 1. The molecule has 3 rings (SSSR count). The number of hydrogen-bond acceptors (Lipinski definition) is 1. The van der Waals surface area contributed by atoms with Gasteiger partial charge in [0.15, 0.2) is 0 Å². The number of fused-ring (bicyclic) bond motifs is 1. The standard InChI is InChI=1S/C15H20N2/c1-10-5-4-7-11(10)15(16)13-9-17-14-8-3-2-6-12(13)14/h2-3,6,8-11,15,17H,4-5,7,16H2,1H3. The van der Waals surface area contributed by atoms with Crippen LogP contribution in [0.3, 0.4) is 0 Å². The number of para-hydroxylation sites is 1. The average Bonchev–Trinajstić information content (AvgIpc) is 2.94. The summed E-state index contributed by atoms with van der Waals surface area (Å²) in [5.41, 5.74) is 8.97. The Morgan fingerprint density at radius 3 is 2.88 bits per heavy atom. The maximum Gasteiger partial charge on any atom is 0.0457 e. The van der Waals surface area contributed by atoms with Crippen molar-refractivity contribution < 1.29 is 0 Å². The zero-order chi connectivity index (χ0) is 11.8. The van der Waals surface area contributed by atoms with Crippen LogP contribution in [0.15, 0.2) is 30.5 Å². The highest BCUT2D eigenvalue weighted by Crippen LogP contribution is 2.40. The number of H-pyrrole nitrogens is 1. The van der Waals surface area contributed by atoms with E-state index in [0.717, 1.165) is 5.92 Å². The molecule has 17 heavy (non-hydrogen) atoms. The van der Waals surface area contributed by atoms with Gasteiger partial charge in [-0.2, -0.15) is 0 Å². The van der Waals surface area contributed by atoms with E-state index in [9.17, 15) is 0 Å². The molecule has 2 heteroatoms. The number of aromatic nitrogens is 1. The van der Waals surface area contributed by atoms with E-state index < -0.39 is 0 Å². The van der Waals surface area contributed by atoms with Crippen LogP contribution in [0.5, 0.6) is 0 Å². The van der Waals surface area contributed by atoms with Crippen molar-refractivity contribution in [3.05, 3.63) is 36.0 Å². The van der Waals surface area contributed by atoms with Crippen molar-refractivity contribution in [2.24, 2.45) is 17.6 Å². The molecule has 0 amide bonds. The van der Waals surface area contributed by atoms with Gasteiger partial charge in [0.05, 0.1) is 0 Å². The van der Waals surface area contributed by atoms with Crippen molar-refractivity contribution in [1.82, 2.24) is 4.98 Å². The highest BCUT2D eigenvalue weighted by molar-refractivity contribution is 5.83. The number of nitrogens with one attached hydrogen (secondary N) is 1. The van der Waals surface area contributed by atoms with Crippen molar-refractivity contribution in [3.63, 3.8) is 0 Å². The molecule has 1 aromatic carbocycles. The molecular formula is C15H20N2. The van der Waals surface area contributed by atoms with Crippen molar-refractivity contribution >= 4 is 10.9 Å². The smallest absolute Gasteiger partial charge is 0.0457 e. The van der Waals surface area contributed by atoms with Crippen molar-refractivity contribution in [1.29, 1.82) is 0 Å². The van der Waals surface area contributed by atoms with Gasteiger partial charge >= 0.3 is 0 Å². The van der Waals surface area contributed by atoms with Crippen LogP contribution in [0, 0.1) is 11.8 Å². The Morgan fingerprint density at radius 2 is 2.12 bits per heavy atom. The molecule has 1 heterocycles. The Hall–Kier alpha value is -1.28. The molecule has 3 unspecified atom stereocenters. The summed E-state index contributed by atoms with van der Waals surface area (Å²) in [6, 6.07) is 8.62. The molecule has 0 radical (unpaired) electrons. The van der Waals surface area contributed by atoms with Gasteiger partial charge < -0.3 is 10.7 Å². The summed E-state index contributed by atoms with van der Waals surface area (Å²) < 4.78 is 0. The topological polar surface area (TPSA) is 41.8 Å². The SMILES string of the molecule is CC1CCCC1C(N)c1c[nH]c2ccccc12. The van der Waals surface area contributed by atoms with E-state index in [2.05, 4.69) is 42.4 Å². The lowest BCUT2D eigenvalue weighted by atomic mass is 9.86. The van der Waals surface area contributed by atoms with Gasteiger partial charge in [-0.3, -0.25) is 0 Å². The first-order valence-corrected chi connectivity index (χ1v) is 6.59. The summed E-state index contributed by atoms with van der Waals surface area (Å²) in [6.45, 7) is 2.34. The number of nitrogens with two attached hydrogens (primary N) is 1. The molecule has 0 aliphatic heterocycles. The third-order valence-electron chi connectivity index (χ3n) is 4.37. The molecule has 3 atom stereocenters. The molecule has 1 aromatic heterocycles. The minimum atomic E-state index is 0.184. The zero-order valence-corrected chi connectivity index (χ0v) is 10.3. The highest BCUT2D eigenvalue weighted by Gasteiger charge is 2.30. The van der Waals surface area contributed by atoms with Gasteiger partial charge in [-0.25, -0.2) is 0 Å². The van der Waals surface area contributed by atoms with E-state index in [1.54, 1.807) is 0 Å². The minimum Gasteiger partial charge on any atom is -0.361 e. The van der Waals surface area contributed by atoms with Gasteiger partial charge in [0.1, 0.15) is 0 Å². The molecule has 0 saturated heterocycles.